The number of halogens is 2. The number of amides is 2. The lowest BCUT2D eigenvalue weighted by Crippen LogP contribution is -2.61. The van der Waals surface area contributed by atoms with Crippen molar-refractivity contribution in [2.24, 2.45) is 17.8 Å². The molecule has 4 saturated carbocycles. The van der Waals surface area contributed by atoms with Crippen molar-refractivity contribution in [3.8, 4) is 0 Å². The first-order chi connectivity index (χ1) is 12.5. The van der Waals surface area contributed by atoms with Gasteiger partial charge in [0.05, 0.1) is 0 Å². The SMILES string of the molecule is C=C/C(=C\NC(=O)NC12CC3CC(CC(C3)C1)C2)c1ccc(F)nc1F. The van der Waals surface area contributed by atoms with E-state index in [1.165, 1.54) is 37.6 Å². The predicted octanol–water partition coefficient (Wildman–Crippen LogP) is 4.15. The highest BCUT2D eigenvalue weighted by Crippen LogP contribution is 2.55. The third kappa shape index (κ3) is 3.24. The topological polar surface area (TPSA) is 54.0 Å². The van der Waals surface area contributed by atoms with Crippen LogP contribution in [0, 0.1) is 29.6 Å². The summed E-state index contributed by atoms with van der Waals surface area (Å²) in [7, 11) is 0. The Morgan fingerprint density at radius 1 is 1.15 bits per heavy atom. The molecule has 4 aliphatic rings. The Bertz CT molecular complexity index is 739. The molecule has 0 radical (unpaired) electrons. The normalized spacial score (nSPS) is 32.4. The maximum Gasteiger partial charge on any atom is 0.319 e. The number of carbonyl (C=O) groups is 1. The van der Waals surface area contributed by atoms with E-state index >= 15 is 0 Å². The van der Waals surface area contributed by atoms with Crippen molar-refractivity contribution < 1.29 is 13.6 Å². The molecule has 2 amide bonds. The first-order valence-electron chi connectivity index (χ1n) is 9.20. The molecule has 138 valence electrons. The van der Waals surface area contributed by atoms with Gasteiger partial charge in [-0.15, -0.1) is 0 Å². The van der Waals surface area contributed by atoms with Crippen molar-refractivity contribution in [2.75, 3.05) is 0 Å². The molecular formula is C20H23F2N3O. The van der Waals surface area contributed by atoms with Gasteiger partial charge in [-0.25, -0.2) is 4.79 Å². The van der Waals surface area contributed by atoms with Gasteiger partial charge in [0.2, 0.25) is 11.9 Å². The molecule has 0 aliphatic heterocycles. The first-order valence-corrected chi connectivity index (χ1v) is 9.20. The number of urea groups is 1. The highest BCUT2D eigenvalue weighted by atomic mass is 19.1. The predicted molar refractivity (Wildman–Crippen MR) is 94.9 cm³/mol. The summed E-state index contributed by atoms with van der Waals surface area (Å²) in [6, 6.07) is 2.07. The molecule has 26 heavy (non-hydrogen) atoms. The number of nitrogens with zero attached hydrogens (tertiary/aromatic N) is 1. The molecule has 5 rings (SSSR count). The zero-order valence-electron chi connectivity index (χ0n) is 14.6. The number of rotatable bonds is 4. The summed E-state index contributed by atoms with van der Waals surface area (Å²) in [5.41, 5.74) is 0.344. The quantitative estimate of drug-likeness (QED) is 0.627. The smallest absolute Gasteiger partial charge is 0.319 e. The molecule has 4 aliphatic carbocycles. The number of hydrogen-bond acceptors (Lipinski definition) is 2. The fourth-order valence-electron chi connectivity index (χ4n) is 5.56. The van der Waals surface area contributed by atoms with Crippen LogP contribution in [0.15, 0.2) is 31.0 Å². The Hall–Kier alpha value is -2.24. The van der Waals surface area contributed by atoms with Gasteiger partial charge in [-0.2, -0.15) is 13.8 Å². The zero-order valence-corrected chi connectivity index (χ0v) is 14.6. The van der Waals surface area contributed by atoms with Gasteiger partial charge in [-0.3, -0.25) is 0 Å². The summed E-state index contributed by atoms with van der Waals surface area (Å²) < 4.78 is 26.8. The molecule has 2 N–H and O–H groups in total. The monoisotopic (exact) mass is 359 g/mol. The van der Waals surface area contributed by atoms with Crippen LogP contribution in [0.4, 0.5) is 13.6 Å². The number of nitrogens with one attached hydrogen (secondary N) is 2. The van der Waals surface area contributed by atoms with Crippen LogP contribution in [0.1, 0.15) is 44.1 Å². The van der Waals surface area contributed by atoms with Crippen LogP contribution >= 0.6 is 0 Å². The Kier molecular flexibility index (Phi) is 4.29. The van der Waals surface area contributed by atoms with Crippen LogP contribution in [0.25, 0.3) is 5.57 Å². The van der Waals surface area contributed by atoms with E-state index in [-0.39, 0.29) is 17.1 Å². The zero-order chi connectivity index (χ0) is 18.3. The highest BCUT2D eigenvalue weighted by Gasteiger charge is 2.51. The minimum absolute atomic E-state index is 0.0936. The van der Waals surface area contributed by atoms with Gasteiger partial charge < -0.3 is 10.6 Å². The van der Waals surface area contributed by atoms with Crippen molar-refractivity contribution in [1.29, 1.82) is 0 Å². The molecule has 4 fully saturated rings. The number of hydrogen-bond donors (Lipinski definition) is 2. The first kappa shape index (κ1) is 17.2. The second kappa shape index (κ2) is 6.49. The maximum atomic E-state index is 13.8. The molecule has 4 bridgehead atoms. The van der Waals surface area contributed by atoms with E-state index < -0.39 is 11.9 Å². The highest BCUT2D eigenvalue weighted by molar-refractivity contribution is 5.80. The Balaban J connectivity index is 1.44. The number of aromatic nitrogens is 1. The lowest BCUT2D eigenvalue weighted by atomic mass is 9.53. The molecule has 1 aromatic heterocycles. The third-order valence-corrected chi connectivity index (χ3v) is 6.12. The van der Waals surface area contributed by atoms with Crippen molar-refractivity contribution >= 4 is 11.6 Å². The van der Waals surface area contributed by atoms with E-state index in [1.807, 2.05) is 0 Å². The van der Waals surface area contributed by atoms with E-state index in [1.54, 1.807) is 0 Å². The summed E-state index contributed by atoms with van der Waals surface area (Å²) in [5, 5.41) is 5.86. The van der Waals surface area contributed by atoms with E-state index in [0.29, 0.717) is 5.57 Å². The minimum Gasteiger partial charge on any atom is -0.332 e. The lowest BCUT2D eigenvalue weighted by Gasteiger charge is -2.56. The number of carbonyl (C=O) groups excluding carboxylic acids is 1. The number of pyridine rings is 1. The molecule has 0 aromatic carbocycles. The lowest BCUT2D eigenvalue weighted by molar-refractivity contribution is -0.0133. The van der Waals surface area contributed by atoms with Crippen LogP contribution in [0.2, 0.25) is 0 Å². The molecule has 0 atom stereocenters. The van der Waals surface area contributed by atoms with E-state index in [2.05, 4.69) is 22.2 Å². The summed E-state index contributed by atoms with van der Waals surface area (Å²) in [6.07, 6.45) is 9.88. The van der Waals surface area contributed by atoms with Gasteiger partial charge in [-0.1, -0.05) is 12.7 Å². The molecule has 0 saturated heterocycles. The summed E-state index contributed by atoms with van der Waals surface area (Å²) >= 11 is 0. The van der Waals surface area contributed by atoms with Gasteiger partial charge in [0.1, 0.15) is 0 Å². The fourth-order valence-corrected chi connectivity index (χ4v) is 5.56. The van der Waals surface area contributed by atoms with Crippen LogP contribution in [0.3, 0.4) is 0 Å². The van der Waals surface area contributed by atoms with Crippen LogP contribution < -0.4 is 10.6 Å². The van der Waals surface area contributed by atoms with Crippen LogP contribution in [-0.2, 0) is 0 Å². The molecule has 1 heterocycles. The molecule has 0 unspecified atom stereocenters. The van der Waals surface area contributed by atoms with Crippen LogP contribution in [0.5, 0.6) is 0 Å². The molecule has 1 aromatic rings. The second-order valence-electron chi connectivity index (χ2n) is 8.07. The van der Waals surface area contributed by atoms with Crippen molar-refractivity contribution in [3.63, 3.8) is 0 Å². The average molecular weight is 359 g/mol. The van der Waals surface area contributed by atoms with Crippen molar-refractivity contribution in [3.05, 3.63) is 48.4 Å². The van der Waals surface area contributed by atoms with E-state index in [4.69, 9.17) is 0 Å². The maximum absolute atomic E-state index is 13.8. The minimum atomic E-state index is -0.931. The second-order valence-corrected chi connectivity index (χ2v) is 8.07. The summed E-state index contributed by atoms with van der Waals surface area (Å²) in [5.74, 6) is 0.391. The van der Waals surface area contributed by atoms with E-state index in [9.17, 15) is 13.6 Å². The van der Waals surface area contributed by atoms with Gasteiger partial charge in [0.25, 0.3) is 0 Å². The number of allylic oxidation sites excluding steroid dienone is 2. The molecule has 6 heteroatoms. The molecular weight excluding hydrogens is 336 g/mol. The van der Waals surface area contributed by atoms with Gasteiger partial charge in [-0.05, 0) is 68.4 Å². The fraction of sp³-hybridized carbons (Fsp3) is 0.500. The summed E-state index contributed by atoms with van der Waals surface area (Å²) in [6.45, 7) is 3.63. The largest absolute Gasteiger partial charge is 0.332 e. The van der Waals surface area contributed by atoms with Crippen molar-refractivity contribution in [2.45, 2.75) is 44.1 Å². The standard InChI is InChI=1S/C20H23F2N3O/c1-2-15(16-3-4-17(21)24-18(16)22)11-23-19(26)25-20-8-12-5-13(9-20)7-14(6-12)10-20/h2-4,11-14H,1,5-10H2,(H2,23,25,26)/b15-11+. The van der Waals surface area contributed by atoms with Gasteiger partial charge in [0.15, 0.2) is 0 Å². The average Bonchev–Trinajstić information content (AvgIpc) is 2.55. The van der Waals surface area contributed by atoms with Gasteiger partial charge >= 0.3 is 6.03 Å². The summed E-state index contributed by atoms with van der Waals surface area (Å²) in [4.78, 5) is 15.6. The Morgan fingerprint density at radius 2 is 1.77 bits per heavy atom. The Labute approximate surface area is 151 Å². The van der Waals surface area contributed by atoms with Crippen molar-refractivity contribution in [1.82, 2.24) is 15.6 Å². The van der Waals surface area contributed by atoms with E-state index in [0.717, 1.165) is 43.1 Å². The molecule has 0 spiro atoms. The molecule has 4 nitrogen and oxygen atoms in total. The Morgan fingerprint density at radius 3 is 2.31 bits per heavy atom. The third-order valence-electron chi connectivity index (χ3n) is 6.12. The van der Waals surface area contributed by atoms with Crippen LogP contribution in [-0.4, -0.2) is 16.6 Å². The van der Waals surface area contributed by atoms with Gasteiger partial charge in [0, 0.05) is 22.9 Å².